The van der Waals surface area contributed by atoms with Crippen molar-refractivity contribution in [2.75, 3.05) is 26.2 Å². The molecule has 4 heteroatoms. The van der Waals surface area contributed by atoms with Gasteiger partial charge in [-0.2, -0.15) is 0 Å². The SMILES string of the molecule is CC(C)CCCCNC(=O)COC1(C)CNC1. The van der Waals surface area contributed by atoms with Crippen LogP contribution in [0.1, 0.15) is 40.0 Å². The van der Waals surface area contributed by atoms with Gasteiger partial charge in [-0.25, -0.2) is 0 Å². The zero-order chi connectivity index (χ0) is 12.7. The van der Waals surface area contributed by atoms with Gasteiger partial charge < -0.3 is 15.4 Å². The second-order valence-electron chi connectivity index (χ2n) is 5.58. The van der Waals surface area contributed by atoms with E-state index in [4.69, 9.17) is 4.74 Å². The molecule has 1 fully saturated rings. The van der Waals surface area contributed by atoms with Crippen molar-refractivity contribution in [2.45, 2.75) is 45.6 Å². The van der Waals surface area contributed by atoms with Crippen molar-refractivity contribution in [3.8, 4) is 0 Å². The van der Waals surface area contributed by atoms with E-state index >= 15 is 0 Å². The molecule has 1 aliphatic heterocycles. The minimum absolute atomic E-state index is 0.00247. The van der Waals surface area contributed by atoms with Crippen LogP contribution in [0.3, 0.4) is 0 Å². The van der Waals surface area contributed by atoms with Crippen LogP contribution in [0.15, 0.2) is 0 Å². The fourth-order valence-electron chi connectivity index (χ4n) is 1.78. The van der Waals surface area contributed by atoms with Gasteiger partial charge in [-0.15, -0.1) is 0 Å². The van der Waals surface area contributed by atoms with Crippen molar-refractivity contribution in [3.05, 3.63) is 0 Å². The van der Waals surface area contributed by atoms with Crippen LogP contribution in [0.25, 0.3) is 0 Å². The van der Waals surface area contributed by atoms with Gasteiger partial charge in [0.25, 0.3) is 0 Å². The van der Waals surface area contributed by atoms with Crippen LogP contribution in [0.5, 0.6) is 0 Å². The Morgan fingerprint density at radius 3 is 2.65 bits per heavy atom. The van der Waals surface area contributed by atoms with E-state index in [0.717, 1.165) is 32.0 Å². The van der Waals surface area contributed by atoms with Gasteiger partial charge in [-0.3, -0.25) is 4.79 Å². The number of hydrogen-bond donors (Lipinski definition) is 2. The smallest absolute Gasteiger partial charge is 0.246 e. The van der Waals surface area contributed by atoms with Crippen molar-refractivity contribution in [2.24, 2.45) is 5.92 Å². The number of unbranched alkanes of at least 4 members (excludes halogenated alkanes) is 1. The molecule has 1 aliphatic rings. The van der Waals surface area contributed by atoms with Gasteiger partial charge in [0.1, 0.15) is 6.61 Å². The molecule has 0 aliphatic carbocycles. The highest BCUT2D eigenvalue weighted by atomic mass is 16.5. The maximum atomic E-state index is 11.5. The molecular formula is C13H26N2O2. The van der Waals surface area contributed by atoms with Gasteiger partial charge in [-0.1, -0.05) is 26.7 Å². The van der Waals surface area contributed by atoms with Gasteiger partial charge >= 0.3 is 0 Å². The van der Waals surface area contributed by atoms with E-state index in [1.54, 1.807) is 0 Å². The predicted molar refractivity (Wildman–Crippen MR) is 68.9 cm³/mol. The summed E-state index contributed by atoms with van der Waals surface area (Å²) in [5, 5.41) is 6.03. The fraction of sp³-hybridized carbons (Fsp3) is 0.923. The van der Waals surface area contributed by atoms with Gasteiger partial charge in [0, 0.05) is 19.6 Å². The second kappa shape index (κ2) is 6.97. The summed E-state index contributed by atoms with van der Waals surface area (Å²) in [5.74, 6) is 0.753. The molecule has 100 valence electrons. The molecule has 17 heavy (non-hydrogen) atoms. The van der Waals surface area contributed by atoms with E-state index < -0.39 is 0 Å². The van der Waals surface area contributed by atoms with Crippen LogP contribution in [0, 0.1) is 5.92 Å². The molecule has 1 amide bonds. The first-order chi connectivity index (χ1) is 8.02. The molecule has 0 unspecified atom stereocenters. The zero-order valence-electron chi connectivity index (χ0n) is 11.3. The third-order valence-electron chi connectivity index (χ3n) is 3.08. The molecule has 0 saturated carbocycles. The first kappa shape index (κ1) is 14.5. The average molecular weight is 242 g/mol. The van der Waals surface area contributed by atoms with E-state index in [0.29, 0.717) is 0 Å². The van der Waals surface area contributed by atoms with Gasteiger partial charge in [0.2, 0.25) is 5.91 Å². The Balaban J connectivity index is 1.94. The highest BCUT2D eigenvalue weighted by molar-refractivity contribution is 5.77. The molecule has 0 aromatic heterocycles. The quantitative estimate of drug-likeness (QED) is 0.631. The van der Waals surface area contributed by atoms with Crippen LogP contribution < -0.4 is 10.6 Å². The summed E-state index contributed by atoms with van der Waals surface area (Å²) < 4.78 is 5.55. The van der Waals surface area contributed by atoms with Gasteiger partial charge in [0.05, 0.1) is 5.60 Å². The number of amides is 1. The summed E-state index contributed by atoms with van der Waals surface area (Å²) in [4.78, 5) is 11.5. The van der Waals surface area contributed by atoms with Gasteiger partial charge in [0.15, 0.2) is 0 Å². The fourth-order valence-corrected chi connectivity index (χ4v) is 1.78. The Morgan fingerprint density at radius 2 is 2.12 bits per heavy atom. The highest BCUT2D eigenvalue weighted by Gasteiger charge is 2.32. The second-order valence-corrected chi connectivity index (χ2v) is 5.58. The molecule has 1 saturated heterocycles. The summed E-state index contributed by atoms with van der Waals surface area (Å²) >= 11 is 0. The predicted octanol–water partition coefficient (Wildman–Crippen LogP) is 1.31. The number of carbonyl (C=O) groups is 1. The molecule has 4 nitrogen and oxygen atoms in total. The van der Waals surface area contributed by atoms with Crippen LogP contribution in [-0.4, -0.2) is 37.7 Å². The third kappa shape index (κ3) is 6.03. The van der Waals surface area contributed by atoms with Crippen LogP contribution in [0.4, 0.5) is 0 Å². The minimum Gasteiger partial charge on any atom is -0.363 e. The number of ether oxygens (including phenoxy) is 1. The van der Waals surface area contributed by atoms with Crippen LogP contribution >= 0.6 is 0 Å². The summed E-state index contributed by atoms with van der Waals surface area (Å²) in [6.07, 6.45) is 3.47. The molecular weight excluding hydrogens is 216 g/mol. The maximum absolute atomic E-state index is 11.5. The molecule has 0 bridgehead atoms. The van der Waals surface area contributed by atoms with Crippen molar-refractivity contribution in [1.82, 2.24) is 10.6 Å². The molecule has 1 rings (SSSR count). The Hall–Kier alpha value is -0.610. The monoisotopic (exact) mass is 242 g/mol. The van der Waals surface area contributed by atoms with Crippen molar-refractivity contribution in [1.29, 1.82) is 0 Å². The molecule has 1 heterocycles. The molecule has 0 aromatic carbocycles. The van der Waals surface area contributed by atoms with E-state index in [1.807, 2.05) is 6.92 Å². The highest BCUT2D eigenvalue weighted by Crippen LogP contribution is 2.14. The number of rotatable bonds is 8. The van der Waals surface area contributed by atoms with Crippen molar-refractivity contribution < 1.29 is 9.53 Å². The lowest BCUT2D eigenvalue weighted by molar-refractivity contribution is -0.135. The lowest BCUT2D eigenvalue weighted by Crippen LogP contribution is -2.59. The Kier molecular flexibility index (Phi) is 5.92. The lowest BCUT2D eigenvalue weighted by Gasteiger charge is -2.38. The summed E-state index contributed by atoms with van der Waals surface area (Å²) in [6, 6.07) is 0. The molecule has 0 atom stereocenters. The van der Waals surface area contributed by atoms with Gasteiger partial charge in [-0.05, 0) is 19.3 Å². The Labute approximate surface area is 104 Å². The number of hydrogen-bond acceptors (Lipinski definition) is 3. The summed E-state index contributed by atoms with van der Waals surface area (Å²) in [5.41, 5.74) is -0.130. The van der Waals surface area contributed by atoms with E-state index in [9.17, 15) is 4.79 Å². The minimum atomic E-state index is -0.130. The topological polar surface area (TPSA) is 50.4 Å². The maximum Gasteiger partial charge on any atom is 0.246 e. The first-order valence-corrected chi connectivity index (χ1v) is 6.63. The van der Waals surface area contributed by atoms with Crippen molar-refractivity contribution in [3.63, 3.8) is 0 Å². The zero-order valence-corrected chi connectivity index (χ0v) is 11.3. The molecule has 0 spiro atoms. The standard InChI is InChI=1S/C13H26N2O2/c1-11(2)6-4-5-7-15-12(16)8-17-13(3)9-14-10-13/h11,14H,4-10H2,1-3H3,(H,15,16). The average Bonchev–Trinajstić information content (AvgIpc) is 2.23. The van der Waals surface area contributed by atoms with E-state index in [1.165, 1.54) is 12.8 Å². The number of carbonyl (C=O) groups excluding carboxylic acids is 1. The Morgan fingerprint density at radius 1 is 1.41 bits per heavy atom. The van der Waals surface area contributed by atoms with Crippen LogP contribution in [0.2, 0.25) is 0 Å². The molecule has 0 radical (unpaired) electrons. The first-order valence-electron chi connectivity index (χ1n) is 6.63. The molecule has 0 aromatic rings. The van der Waals surface area contributed by atoms with Crippen LogP contribution in [-0.2, 0) is 9.53 Å². The third-order valence-corrected chi connectivity index (χ3v) is 3.08. The largest absolute Gasteiger partial charge is 0.363 e. The number of nitrogens with one attached hydrogen (secondary N) is 2. The summed E-state index contributed by atoms with van der Waals surface area (Å²) in [6.45, 7) is 9.11. The normalized spacial score (nSPS) is 17.9. The summed E-state index contributed by atoms with van der Waals surface area (Å²) in [7, 11) is 0. The molecule has 2 N–H and O–H groups in total. The Bertz CT molecular complexity index is 238. The lowest BCUT2D eigenvalue weighted by atomic mass is 10.0. The van der Waals surface area contributed by atoms with E-state index in [-0.39, 0.29) is 18.1 Å². The van der Waals surface area contributed by atoms with Crippen molar-refractivity contribution >= 4 is 5.91 Å². The van der Waals surface area contributed by atoms with E-state index in [2.05, 4.69) is 24.5 Å².